The van der Waals surface area contributed by atoms with Crippen LogP contribution < -0.4 is 5.56 Å². The van der Waals surface area contributed by atoms with E-state index < -0.39 is 10.0 Å². The predicted octanol–water partition coefficient (Wildman–Crippen LogP) is 3.45. The summed E-state index contributed by atoms with van der Waals surface area (Å²) in [6.07, 6.45) is 0.923. The average molecular weight is 470 g/mol. The number of rotatable bonds is 5. The van der Waals surface area contributed by atoms with Gasteiger partial charge in [0, 0.05) is 43.4 Å². The average Bonchev–Trinajstić information content (AvgIpc) is 3.31. The third-order valence-electron chi connectivity index (χ3n) is 6.45. The zero-order chi connectivity index (χ0) is 22.5. The van der Waals surface area contributed by atoms with Crippen molar-refractivity contribution in [3.8, 4) is 11.1 Å². The Hall–Kier alpha value is -2.26. The van der Waals surface area contributed by atoms with Gasteiger partial charge in [-0.2, -0.15) is 4.31 Å². The van der Waals surface area contributed by atoms with E-state index in [1.807, 2.05) is 49.0 Å². The molecule has 0 unspecified atom stereocenters. The molecule has 1 aromatic carbocycles. The molecule has 0 spiro atoms. The van der Waals surface area contributed by atoms with E-state index in [-0.39, 0.29) is 17.4 Å². The summed E-state index contributed by atoms with van der Waals surface area (Å²) >= 11 is 1.26. The molecule has 8 heteroatoms. The van der Waals surface area contributed by atoms with Crippen LogP contribution in [0.15, 0.2) is 62.9 Å². The van der Waals surface area contributed by atoms with Gasteiger partial charge in [-0.3, -0.25) is 4.79 Å². The minimum atomic E-state index is -3.48. The lowest BCUT2D eigenvalue weighted by molar-refractivity contribution is 0.186. The molecule has 0 aliphatic carbocycles. The first-order chi connectivity index (χ1) is 15.3. The molecule has 2 bridgehead atoms. The van der Waals surface area contributed by atoms with Crippen molar-refractivity contribution in [2.75, 3.05) is 27.2 Å². The summed E-state index contributed by atoms with van der Waals surface area (Å²) in [6.45, 7) is 2.21. The fourth-order valence-electron chi connectivity index (χ4n) is 5.10. The Balaban J connectivity index is 1.51. The van der Waals surface area contributed by atoms with Gasteiger partial charge in [-0.25, -0.2) is 8.42 Å². The lowest BCUT2D eigenvalue weighted by Crippen LogP contribution is -2.49. The van der Waals surface area contributed by atoms with Gasteiger partial charge >= 0.3 is 0 Å². The van der Waals surface area contributed by atoms with Gasteiger partial charge in [0.1, 0.15) is 4.21 Å². The smallest absolute Gasteiger partial charge is 0.258 e. The van der Waals surface area contributed by atoms with Crippen molar-refractivity contribution in [1.82, 2.24) is 13.8 Å². The molecule has 2 aliphatic heterocycles. The van der Waals surface area contributed by atoms with E-state index in [9.17, 15) is 13.2 Å². The quantitative estimate of drug-likeness (QED) is 0.574. The summed E-state index contributed by atoms with van der Waals surface area (Å²) in [5.41, 5.74) is 3.79. The monoisotopic (exact) mass is 469 g/mol. The number of sulfonamides is 1. The normalized spacial score (nSPS) is 21.0. The molecular weight excluding hydrogens is 442 g/mol. The zero-order valence-corrected chi connectivity index (χ0v) is 19.9. The van der Waals surface area contributed by atoms with Crippen molar-refractivity contribution in [3.05, 3.63) is 75.5 Å². The highest BCUT2D eigenvalue weighted by molar-refractivity contribution is 7.91. The van der Waals surface area contributed by atoms with Crippen LogP contribution in [-0.2, 0) is 23.1 Å². The molecule has 3 aromatic rings. The molecule has 1 fully saturated rings. The number of thiophene rings is 1. The van der Waals surface area contributed by atoms with Crippen LogP contribution in [0.3, 0.4) is 0 Å². The van der Waals surface area contributed by atoms with Crippen molar-refractivity contribution in [2.45, 2.75) is 29.6 Å². The molecule has 0 saturated carbocycles. The molecule has 1 saturated heterocycles. The maximum absolute atomic E-state index is 13.6. The number of pyridine rings is 1. The Morgan fingerprint density at radius 3 is 2.56 bits per heavy atom. The molecule has 0 amide bonds. The van der Waals surface area contributed by atoms with Crippen molar-refractivity contribution in [3.63, 3.8) is 0 Å². The standard InChI is InChI=1S/C24H27N3O3S2/c1-25(2)15-18-6-3-4-7-20(18)21-9-10-22-19-12-17(14-27(22)24(21)28)13-26(16-19)32(29,30)23-8-5-11-31-23/h3-11,17,19H,12-16H2,1-2H3/t17-,19+/m0/s1. The third-order valence-corrected chi connectivity index (χ3v) is 9.66. The molecule has 0 N–H and O–H groups in total. The minimum Gasteiger partial charge on any atom is -0.311 e. The largest absolute Gasteiger partial charge is 0.311 e. The molecule has 5 rings (SSSR count). The van der Waals surface area contributed by atoms with E-state index >= 15 is 0 Å². The minimum absolute atomic E-state index is 0.0259. The molecule has 168 valence electrons. The SMILES string of the molecule is CN(C)Cc1ccccc1-c1ccc2n(c1=O)C[C@H]1C[C@@H]2CN(S(=O)(=O)c2cccs2)C1. The van der Waals surface area contributed by atoms with E-state index in [2.05, 4.69) is 11.0 Å². The van der Waals surface area contributed by atoms with Crippen LogP contribution in [0.25, 0.3) is 11.1 Å². The number of nitrogens with zero attached hydrogens (tertiary/aromatic N) is 3. The highest BCUT2D eigenvalue weighted by atomic mass is 32.2. The van der Waals surface area contributed by atoms with Crippen LogP contribution in [-0.4, -0.2) is 49.4 Å². The van der Waals surface area contributed by atoms with Crippen LogP contribution in [0.1, 0.15) is 23.6 Å². The number of hydrogen-bond acceptors (Lipinski definition) is 5. The third kappa shape index (κ3) is 3.75. The molecule has 2 aromatic heterocycles. The molecule has 0 radical (unpaired) electrons. The maximum atomic E-state index is 13.6. The summed E-state index contributed by atoms with van der Waals surface area (Å²) in [4.78, 5) is 15.7. The van der Waals surface area contributed by atoms with E-state index in [0.29, 0.717) is 29.4 Å². The van der Waals surface area contributed by atoms with Crippen LogP contribution in [0.5, 0.6) is 0 Å². The van der Waals surface area contributed by atoms with E-state index in [1.54, 1.807) is 21.8 Å². The highest BCUT2D eigenvalue weighted by Gasteiger charge is 2.40. The molecule has 2 aliphatic rings. The van der Waals surface area contributed by atoms with Gasteiger partial charge in [0.05, 0.1) is 0 Å². The number of aromatic nitrogens is 1. The second kappa shape index (κ2) is 8.26. The van der Waals surface area contributed by atoms with Crippen molar-refractivity contribution >= 4 is 21.4 Å². The first-order valence-electron chi connectivity index (χ1n) is 10.8. The second-order valence-electron chi connectivity index (χ2n) is 9.04. The fraction of sp³-hybridized carbons (Fsp3) is 0.375. The van der Waals surface area contributed by atoms with Crippen LogP contribution >= 0.6 is 11.3 Å². The first kappa shape index (κ1) is 21.6. The Bertz CT molecular complexity index is 1300. The molecule has 32 heavy (non-hydrogen) atoms. The number of benzene rings is 1. The van der Waals surface area contributed by atoms with Gasteiger partial charge < -0.3 is 9.47 Å². The van der Waals surface area contributed by atoms with Gasteiger partial charge in [-0.15, -0.1) is 11.3 Å². The van der Waals surface area contributed by atoms with Crippen molar-refractivity contribution in [2.24, 2.45) is 5.92 Å². The van der Waals surface area contributed by atoms with Crippen molar-refractivity contribution in [1.29, 1.82) is 0 Å². The van der Waals surface area contributed by atoms with Gasteiger partial charge in [0.2, 0.25) is 0 Å². The van der Waals surface area contributed by atoms with Crippen molar-refractivity contribution < 1.29 is 8.42 Å². The predicted molar refractivity (Wildman–Crippen MR) is 127 cm³/mol. The summed E-state index contributed by atoms with van der Waals surface area (Å²) in [6, 6.07) is 15.5. The number of fused-ring (bicyclic) bond motifs is 4. The fourth-order valence-corrected chi connectivity index (χ4v) is 7.81. The lowest BCUT2D eigenvalue weighted by Gasteiger charge is -2.42. The van der Waals surface area contributed by atoms with Gasteiger partial charge in [-0.05, 0) is 61.1 Å². The second-order valence-corrected chi connectivity index (χ2v) is 12.1. The van der Waals surface area contributed by atoms with E-state index in [1.165, 1.54) is 11.3 Å². The van der Waals surface area contributed by atoms with E-state index in [4.69, 9.17) is 0 Å². The number of hydrogen-bond donors (Lipinski definition) is 0. The summed E-state index contributed by atoms with van der Waals surface area (Å²) in [5.74, 6) is 0.178. The van der Waals surface area contributed by atoms with Crippen LogP contribution in [0, 0.1) is 5.92 Å². The highest BCUT2D eigenvalue weighted by Crippen LogP contribution is 2.38. The van der Waals surface area contributed by atoms with Gasteiger partial charge in [0.15, 0.2) is 0 Å². The van der Waals surface area contributed by atoms with Gasteiger partial charge in [-0.1, -0.05) is 30.3 Å². The summed E-state index contributed by atoms with van der Waals surface area (Å²) in [7, 11) is 0.561. The first-order valence-corrected chi connectivity index (χ1v) is 13.2. The summed E-state index contributed by atoms with van der Waals surface area (Å²) < 4.78 is 30.1. The van der Waals surface area contributed by atoms with Gasteiger partial charge in [0.25, 0.3) is 15.6 Å². The Morgan fingerprint density at radius 1 is 1.00 bits per heavy atom. The Kier molecular flexibility index (Phi) is 5.57. The topological polar surface area (TPSA) is 62.6 Å². The summed E-state index contributed by atoms with van der Waals surface area (Å²) in [5, 5.41) is 1.79. The molecule has 2 atom stereocenters. The molecule has 6 nitrogen and oxygen atoms in total. The maximum Gasteiger partial charge on any atom is 0.258 e. The molecule has 4 heterocycles. The Morgan fingerprint density at radius 2 is 1.81 bits per heavy atom. The Labute approximate surface area is 192 Å². The van der Waals surface area contributed by atoms with E-state index in [0.717, 1.165) is 29.8 Å². The zero-order valence-electron chi connectivity index (χ0n) is 18.3. The lowest BCUT2D eigenvalue weighted by atomic mass is 9.83. The number of piperidine rings is 1. The molecular formula is C24H27N3O3S2. The van der Waals surface area contributed by atoms with Crippen LogP contribution in [0.4, 0.5) is 0 Å². The van der Waals surface area contributed by atoms with Crippen LogP contribution in [0.2, 0.25) is 0 Å².